The number of carbonyl (C=O) groups is 1. The molecule has 2 heterocycles. The third-order valence-corrected chi connectivity index (χ3v) is 8.48. The first kappa shape index (κ1) is 31.3. The second kappa shape index (κ2) is 13.3. The summed E-state index contributed by atoms with van der Waals surface area (Å²) in [6.07, 6.45) is -1.96. The molecule has 11 heteroatoms. The summed E-state index contributed by atoms with van der Waals surface area (Å²) in [5.41, 5.74) is 4.66. The average molecular weight is 622 g/mol. The van der Waals surface area contributed by atoms with Crippen LogP contribution in [-0.2, 0) is 4.79 Å². The Labute approximate surface area is 259 Å². The number of rotatable bonds is 8. The first-order chi connectivity index (χ1) is 21.0. The maximum Gasteiger partial charge on any atom is 0.573 e. The van der Waals surface area contributed by atoms with E-state index in [0.717, 1.165) is 34.2 Å². The summed E-state index contributed by atoms with van der Waals surface area (Å²) in [4.78, 5) is 24.4. The van der Waals surface area contributed by atoms with Crippen molar-refractivity contribution in [3.05, 3.63) is 90.3 Å². The second-order valence-corrected chi connectivity index (χ2v) is 12.2. The predicted molar refractivity (Wildman–Crippen MR) is 168 cm³/mol. The number of nitrogens with zero attached hydrogens (tertiary/aromatic N) is 5. The number of amidine groups is 1. The highest BCUT2D eigenvalue weighted by Crippen LogP contribution is 2.35. The fraction of sp³-hybridized carbons (Fsp3) is 0.333. The van der Waals surface area contributed by atoms with Crippen LogP contribution in [0.25, 0.3) is 17.1 Å². The van der Waals surface area contributed by atoms with E-state index in [1.165, 1.54) is 40.8 Å². The fourth-order valence-corrected chi connectivity index (χ4v) is 6.37. The van der Waals surface area contributed by atoms with Crippen LogP contribution in [0, 0.1) is 0 Å². The monoisotopic (exact) mass is 621 g/mol. The standard InChI is InChI=1S/C33H34F3N5O2S/c1-21(2)28-7-5-6-8-29(28)41-23(4)17-18-44-32(41)38-30(42)19-22(3)24-9-11-25(12-10-24)31-37-20-40(39-31)26-13-15-27(16-14-26)43-33(34,35)36/h5-16,20-23H,17-19H2,1-4H3. The normalized spacial score (nSPS) is 17.2. The number of para-hydroxylation sites is 1. The third-order valence-electron chi connectivity index (χ3n) is 7.50. The van der Waals surface area contributed by atoms with Crippen LogP contribution in [0.1, 0.15) is 63.5 Å². The van der Waals surface area contributed by atoms with Gasteiger partial charge in [-0.3, -0.25) is 4.79 Å². The number of ether oxygens (including phenoxy) is 1. The average Bonchev–Trinajstić information content (AvgIpc) is 3.47. The molecule has 0 bridgehead atoms. The van der Waals surface area contributed by atoms with E-state index >= 15 is 0 Å². The zero-order valence-corrected chi connectivity index (χ0v) is 25.8. The Balaban J connectivity index is 1.25. The van der Waals surface area contributed by atoms with Crippen molar-refractivity contribution in [3.63, 3.8) is 0 Å². The summed E-state index contributed by atoms with van der Waals surface area (Å²) in [7, 11) is 0. The van der Waals surface area contributed by atoms with Crippen LogP contribution in [-0.4, -0.2) is 44.0 Å². The number of hydrogen-bond donors (Lipinski definition) is 0. The zero-order chi connectivity index (χ0) is 31.4. The van der Waals surface area contributed by atoms with Crippen molar-refractivity contribution in [2.45, 2.75) is 64.8 Å². The van der Waals surface area contributed by atoms with Crippen LogP contribution in [0.2, 0.25) is 0 Å². The highest BCUT2D eigenvalue weighted by atomic mass is 32.2. The molecule has 0 N–H and O–H groups in total. The Kier molecular flexibility index (Phi) is 9.43. The van der Waals surface area contributed by atoms with Crippen LogP contribution >= 0.6 is 11.8 Å². The molecule has 2 atom stereocenters. The highest BCUT2D eigenvalue weighted by molar-refractivity contribution is 8.14. The molecule has 1 amide bonds. The fourth-order valence-electron chi connectivity index (χ4n) is 5.14. The minimum Gasteiger partial charge on any atom is -0.406 e. The molecule has 1 fully saturated rings. The van der Waals surface area contributed by atoms with E-state index in [1.54, 1.807) is 11.8 Å². The van der Waals surface area contributed by atoms with Gasteiger partial charge in [-0.25, -0.2) is 9.67 Å². The Morgan fingerprint density at radius 3 is 2.43 bits per heavy atom. The lowest BCUT2D eigenvalue weighted by Gasteiger charge is -2.37. The summed E-state index contributed by atoms with van der Waals surface area (Å²) < 4.78 is 42.7. The van der Waals surface area contributed by atoms with Crippen LogP contribution in [0.15, 0.2) is 84.1 Å². The second-order valence-electron chi connectivity index (χ2n) is 11.1. The van der Waals surface area contributed by atoms with E-state index in [4.69, 9.17) is 0 Å². The first-order valence-corrected chi connectivity index (χ1v) is 15.5. The van der Waals surface area contributed by atoms with Gasteiger partial charge in [0.05, 0.1) is 5.69 Å². The Morgan fingerprint density at radius 1 is 1.05 bits per heavy atom. The lowest BCUT2D eigenvalue weighted by Crippen LogP contribution is -2.42. The molecule has 3 aromatic carbocycles. The van der Waals surface area contributed by atoms with Gasteiger partial charge in [-0.2, -0.15) is 4.99 Å². The number of halogens is 3. The van der Waals surface area contributed by atoms with E-state index in [1.807, 2.05) is 37.3 Å². The molecule has 0 saturated carbocycles. The smallest absolute Gasteiger partial charge is 0.406 e. The van der Waals surface area contributed by atoms with Gasteiger partial charge < -0.3 is 9.64 Å². The molecule has 4 aromatic rings. The van der Waals surface area contributed by atoms with Crippen molar-refractivity contribution in [1.29, 1.82) is 0 Å². The molecule has 230 valence electrons. The number of aliphatic imine (C=N–C) groups is 1. The quantitative estimate of drug-likeness (QED) is 0.197. The van der Waals surface area contributed by atoms with E-state index in [0.29, 0.717) is 17.4 Å². The minimum absolute atomic E-state index is 0.0498. The van der Waals surface area contributed by atoms with E-state index in [9.17, 15) is 18.0 Å². The molecule has 1 saturated heterocycles. The van der Waals surface area contributed by atoms with Crippen LogP contribution in [0.3, 0.4) is 0 Å². The van der Waals surface area contributed by atoms with E-state index < -0.39 is 6.36 Å². The summed E-state index contributed by atoms with van der Waals surface area (Å²) in [5.74, 6) is 1.22. The number of carbonyl (C=O) groups excluding carboxylic acids is 1. The molecular formula is C33H34F3N5O2S. The molecule has 1 aromatic heterocycles. The molecule has 7 nitrogen and oxygen atoms in total. The molecule has 44 heavy (non-hydrogen) atoms. The van der Waals surface area contributed by atoms with E-state index in [-0.39, 0.29) is 30.0 Å². The van der Waals surface area contributed by atoms with Gasteiger partial charge in [0, 0.05) is 29.5 Å². The van der Waals surface area contributed by atoms with Gasteiger partial charge in [-0.1, -0.05) is 75.0 Å². The van der Waals surface area contributed by atoms with Gasteiger partial charge >= 0.3 is 6.36 Å². The van der Waals surface area contributed by atoms with E-state index in [2.05, 4.69) is 63.7 Å². The van der Waals surface area contributed by atoms with Gasteiger partial charge in [0.15, 0.2) is 11.0 Å². The molecule has 0 radical (unpaired) electrons. The van der Waals surface area contributed by atoms with Crippen molar-refractivity contribution in [2.75, 3.05) is 10.7 Å². The SMILES string of the molecule is CC(C)c1ccccc1N1C(=NC(=O)CC(C)c2ccc(-c3ncn(-c4ccc(OC(F)(F)F)cc4)n3)cc2)SCCC1C. The number of aromatic nitrogens is 3. The van der Waals surface area contributed by atoms with Crippen molar-refractivity contribution < 1.29 is 22.7 Å². The van der Waals surface area contributed by atoms with Crippen molar-refractivity contribution >= 4 is 28.5 Å². The third kappa shape index (κ3) is 7.50. The van der Waals surface area contributed by atoms with Gasteiger partial charge in [0.2, 0.25) is 5.91 Å². The molecular weight excluding hydrogens is 587 g/mol. The molecule has 5 rings (SSSR count). The predicted octanol–water partition coefficient (Wildman–Crippen LogP) is 8.36. The first-order valence-electron chi connectivity index (χ1n) is 14.5. The number of alkyl halides is 3. The Hall–Kier alpha value is -4.12. The van der Waals surface area contributed by atoms with Crippen molar-refractivity contribution in [2.24, 2.45) is 4.99 Å². The Bertz CT molecular complexity index is 1620. The zero-order valence-electron chi connectivity index (χ0n) is 25.0. The number of anilines is 1. The van der Waals surface area contributed by atoms with Crippen molar-refractivity contribution in [3.8, 4) is 22.8 Å². The number of amides is 1. The summed E-state index contributed by atoms with van der Waals surface area (Å²) in [6, 6.07) is 21.7. The van der Waals surface area contributed by atoms with Crippen molar-refractivity contribution in [1.82, 2.24) is 14.8 Å². The van der Waals surface area contributed by atoms with Gasteiger partial charge in [0.1, 0.15) is 12.1 Å². The minimum atomic E-state index is -4.75. The van der Waals surface area contributed by atoms with Gasteiger partial charge in [-0.15, -0.1) is 18.3 Å². The number of hydrogen-bond acceptors (Lipinski definition) is 5. The molecule has 1 aliphatic rings. The summed E-state index contributed by atoms with van der Waals surface area (Å²) in [6.45, 7) is 8.54. The van der Waals surface area contributed by atoms with Crippen LogP contribution in [0.4, 0.5) is 18.9 Å². The molecule has 0 aliphatic carbocycles. The molecule has 1 aliphatic heterocycles. The number of benzene rings is 3. The maximum atomic E-state index is 13.2. The summed E-state index contributed by atoms with van der Waals surface area (Å²) >= 11 is 1.63. The largest absolute Gasteiger partial charge is 0.573 e. The van der Waals surface area contributed by atoms with Crippen LogP contribution in [0.5, 0.6) is 5.75 Å². The molecule has 0 spiro atoms. The molecule has 2 unspecified atom stereocenters. The lowest BCUT2D eigenvalue weighted by molar-refractivity contribution is -0.274. The lowest BCUT2D eigenvalue weighted by atomic mass is 9.96. The van der Waals surface area contributed by atoms with Gasteiger partial charge in [-0.05, 0) is 66.6 Å². The topological polar surface area (TPSA) is 72.6 Å². The number of thioether (sulfide) groups is 1. The maximum absolute atomic E-state index is 13.2. The Morgan fingerprint density at radius 2 is 1.75 bits per heavy atom. The highest BCUT2D eigenvalue weighted by Gasteiger charge is 2.31. The van der Waals surface area contributed by atoms with Gasteiger partial charge in [0.25, 0.3) is 0 Å². The van der Waals surface area contributed by atoms with Crippen LogP contribution < -0.4 is 9.64 Å². The summed E-state index contributed by atoms with van der Waals surface area (Å²) in [5, 5.41) is 5.22.